The molecule has 2 aromatic heterocycles. The molecule has 11 heteroatoms. The van der Waals surface area contributed by atoms with Crippen molar-refractivity contribution in [3.63, 3.8) is 0 Å². The maximum absolute atomic E-state index is 14.0. The van der Waals surface area contributed by atoms with E-state index in [1.165, 1.54) is 12.3 Å². The molecule has 3 heterocycles. The Morgan fingerprint density at radius 3 is 2.63 bits per heavy atom. The van der Waals surface area contributed by atoms with E-state index < -0.39 is 11.7 Å². The highest BCUT2D eigenvalue weighted by Gasteiger charge is 2.36. The molecule has 1 aromatic carbocycles. The second-order valence-corrected chi connectivity index (χ2v) is 11.2. The van der Waals surface area contributed by atoms with E-state index in [1.54, 1.807) is 23.2 Å². The van der Waals surface area contributed by atoms with Gasteiger partial charge in [0.2, 0.25) is 5.95 Å². The standard InChI is InChI=1S/C27H32F3N7O/c1-26(2,3)19-9-11-37(15-19)25(38)32-13-18-7-6-17(12-20(18)27(28,29)30)21-8-10-31-24(34-21)35-22-14-33-36-23(22)16-4-5-16/h6-8,10,12,14,16,19H,4-5,9,11,13,15H2,1-3H3,(H,32,38)(H,33,36)(H,31,34,35). The molecule has 0 bridgehead atoms. The Hall–Kier alpha value is -3.63. The fourth-order valence-corrected chi connectivity index (χ4v) is 4.86. The van der Waals surface area contributed by atoms with Crippen LogP contribution in [0.4, 0.5) is 29.6 Å². The minimum Gasteiger partial charge on any atom is -0.334 e. The molecule has 8 nitrogen and oxygen atoms in total. The van der Waals surface area contributed by atoms with E-state index in [9.17, 15) is 18.0 Å². The third kappa shape index (κ3) is 5.76. The lowest BCUT2D eigenvalue weighted by Gasteiger charge is -2.27. The fraction of sp³-hybridized carbons (Fsp3) is 0.481. The lowest BCUT2D eigenvalue weighted by molar-refractivity contribution is -0.138. The van der Waals surface area contributed by atoms with Crippen molar-refractivity contribution < 1.29 is 18.0 Å². The van der Waals surface area contributed by atoms with Gasteiger partial charge in [-0.3, -0.25) is 5.10 Å². The number of nitrogens with zero attached hydrogens (tertiary/aromatic N) is 4. The number of anilines is 2. The van der Waals surface area contributed by atoms with Gasteiger partial charge in [-0.15, -0.1) is 0 Å². The summed E-state index contributed by atoms with van der Waals surface area (Å²) in [7, 11) is 0. The molecule has 2 aliphatic rings. The van der Waals surface area contributed by atoms with Crippen LogP contribution in [0.2, 0.25) is 0 Å². The van der Waals surface area contributed by atoms with Gasteiger partial charge in [0.25, 0.3) is 0 Å². The summed E-state index contributed by atoms with van der Waals surface area (Å²) in [6.07, 6.45) is 1.67. The van der Waals surface area contributed by atoms with Crippen LogP contribution in [0.1, 0.15) is 62.8 Å². The van der Waals surface area contributed by atoms with Crippen LogP contribution in [0.5, 0.6) is 0 Å². The number of amides is 2. The quantitative estimate of drug-likeness (QED) is 0.361. The molecule has 1 saturated carbocycles. The van der Waals surface area contributed by atoms with E-state index in [4.69, 9.17) is 0 Å². The number of urea groups is 1. The Morgan fingerprint density at radius 1 is 1.16 bits per heavy atom. The summed E-state index contributed by atoms with van der Waals surface area (Å²) in [6.45, 7) is 7.39. The first kappa shape index (κ1) is 26.0. The molecule has 1 aliphatic heterocycles. The summed E-state index contributed by atoms with van der Waals surface area (Å²) in [5.74, 6) is 1.04. The highest BCUT2D eigenvalue weighted by atomic mass is 19.4. The lowest BCUT2D eigenvalue weighted by Crippen LogP contribution is -2.39. The lowest BCUT2D eigenvalue weighted by atomic mass is 9.80. The first-order chi connectivity index (χ1) is 18.0. The number of hydrogen-bond donors (Lipinski definition) is 3. The molecule has 1 unspecified atom stereocenters. The predicted molar refractivity (Wildman–Crippen MR) is 138 cm³/mol. The Balaban J connectivity index is 1.31. The molecule has 2 amide bonds. The Bertz CT molecular complexity index is 1310. The second-order valence-electron chi connectivity index (χ2n) is 11.2. The zero-order chi connectivity index (χ0) is 27.1. The van der Waals surface area contributed by atoms with Crippen molar-refractivity contribution in [1.29, 1.82) is 0 Å². The molecule has 38 heavy (non-hydrogen) atoms. The minimum absolute atomic E-state index is 0.000968. The normalized spacial score (nSPS) is 18.1. The third-order valence-corrected chi connectivity index (χ3v) is 7.38. The van der Waals surface area contributed by atoms with Crippen molar-refractivity contribution in [1.82, 2.24) is 30.4 Å². The summed E-state index contributed by atoms with van der Waals surface area (Å²) in [6, 6.07) is 5.29. The first-order valence-corrected chi connectivity index (χ1v) is 12.9. The number of rotatable bonds is 6. The van der Waals surface area contributed by atoms with Crippen LogP contribution in [0.3, 0.4) is 0 Å². The maximum Gasteiger partial charge on any atom is 0.416 e. The number of carbonyl (C=O) groups excluding carboxylic acids is 1. The summed E-state index contributed by atoms with van der Waals surface area (Å²) in [5.41, 5.74) is 1.60. The summed E-state index contributed by atoms with van der Waals surface area (Å²) >= 11 is 0. The monoisotopic (exact) mass is 527 g/mol. The van der Waals surface area contributed by atoms with Gasteiger partial charge in [0, 0.05) is 43.5 Å². The number of halogens is 3. The summed E-state index contributed by atoms with van der Waals surface area (Å²) in [5, 5.41) is 12.9. The number of H-pyrrole nitrogens is 1. The van der Waals surface area contributed by atoms with Gasteiger partial charge in [-0.1, -0.05) is 32.9 Å². The molecular formula is C27H32F3N7O. The van der Waals surface area contributed by atoms with Crippen LogP contribution < -0.4 is 10.6 Å². The second kappa shape index (κ2) is 9.92. The smallest absolute Gasteiger partial charge is 0.334 e. The zero-order valence-corrected chi connectivity index (χ0v) is 21.7. The van der Waals surface area contributed by atoms with E-state index in [2.05, 4.69) is 51.6 Å². The van der Waals surface area contributed by atoms with Gasteiger partial charge in [0.05, 0.1) is 22.6 Å². The van der Waals surface area contributed by atoms with Crippen molar-refractivity contribution in [2.75, 3.05) is 18.4 Å². The molecule has 0 spiro atoms. The van der Waals surface area contributed by atoms with Crippen molar-refractivity contribution >= 4 is 17.7 Å². The van der Waals surface area contributed by atoms with Crippen LogP contribution in [-0.2, 0) is 12.7 Å². The number of alkyl halides is 3. The molecule has 0 radical (unpaired) electrons. The van der Waals surface area contributed by atoms with Gasteiger partial charge in [-0.2, -0.15) is 18.3 Å². The first-order valence-electron chi connectivity index (χ1n) is 12.9. The van der Waals surface area contributed by atoms with E-state index in [1.807, 2.05) is 0 Å². The van der Waals surface area contributed by atoms with E-state index in [0.29, 0.717) is 36.2 Å². The molecule has 2 fully saturated rings. The highest BCUT2D eigenvalue weighted by Crippen LogP contribution is 2.42. The maximum atomic E-state index is 14.0. The number of aromatic amines is 1. The van der Waals surface area contributed by atoms with Crippen molar-refractivity contribution in [2.24, 2.45) is 11.3 Å². The fourth-order valence-electron chi connectivity index (χ4n) is 4.86. The van der Waals surface area contributed by atoms with Gasteiger partial charge in [-0.25, -0.2) is 14.8 Å². The minimum atomic E-state index is -4.59. The van der Waals surface area contributed by atoms with Crippen molar-refractivity contribution in [3.05, 3.63) is 53.5 Å². The highest BCUT2D eigenvalue weighted by molar-refractivity contribution is 5.74. The van der Waals surface area contributed by atoms with Crippen molar-refractivity contribution in [3.8, 4) is 11.3 Å². The third-order valence-electron chi connectivity index (χ3n) is 7.38. The largest absolute Gasteiger partial charge is 0.416 e. The molecule has 3 N–H and O–H groups in total. The van der Waals surface area contributed by atoms with E-state index >= 15 is 0 Å². The van der Waals surface area contributed by atoms with Gasteiger partial charge < -0.3 is 15.5 Å². The summed E-state index contributed by atoms with van der Waals surface area (Å²) < 4.78 is 42.1. The average molecular weight is 528 g/mol. The van der Waals surface area contributed by atoms with Gasteiger partial charge in [0.15, 0.2) is 0 Å². The van der Waals surface area contributed by atoms with Gasteiger partial charge in [-0.05, 0) is 48.3 Å². The topological polar surface area (TPSA) is 98.8 Å². The Labute approximate surface area is 219 Å². The van der Waals surface area contributed by atoms with Crippen LogP contribution in [0.25, 0.3) is 11.3 Å². The molecule has 202 valence electrons. The Kier molecular flexibility index (Phi) is 6.79. The number of hydrogen-bond acceptors (Lipinski definition) is 5. The van der Waals surface area contributed by atoms with Crippen LogP contribution >= 0.6 is 0 Å². The zero-order valence-electron chi connectivity index (χ0n) is 21.7. The SMILES string of the molecule is CC(C)(C)C1CCN(C(=O)NCc2ccc(-c3ccnc(Nc4c[nH]nc4C4CC4)n3)cc2C(F)(F)F)C1. The number of aromatic nitrogens is 4. The van der Waals surface area contributed by atoms with Crippen molar-refractivity contribution in [2.45, 2.75) is 58.7 Å². The van der Waals surface area contributed by atoms with Gasteiger partial charge >= 0.3 is 12.2 Å². The van der Waals surface area contributed by atoms with Crippen LogP contribution in [0.15, 0.2) is 36.7 Å². The molecule has 1 atom stereocenters. The number of carbonyl (C=O) groups is 1. The summed E-state index contributed by atoms with van der Waals surface area (Å²) in [4.78, 5) is 23.0. The molecular weight excluding hydrogens is 495 g/mol. The molecule has 5 rings (SSSR count). The average Bonchev–Trinajstić information content (AvgIpc) is 3.37. The number of benzene rings is 1. The van der Waals surface area contributed by atoms with Crippen LogP contribution in [0, 0.1) is 11.3 Å². The van der Waals surface area contributed by atoms with E-state index in [-0.39, 0.29) is 29.5 Å². The van der Waals surface area contributed by atoms with E-state index in [0.717, 1.165) is 36.7 Å². The van der Waals surface area contributed by atoms with Gasteiger partial charge in [0.1, 0.15) is 0 Å². The van der Waals surface area contributed by atoms with Crippen LogP contribution in [-0.4, -0.2) is 44.2 Å². The number of nitrogens with one attached hydrogen (secondary N) is 3. The molecule has 3 aromatic rings. The predicted octanol–water partition coefficient (Wildman–Crippen LogP) is 6.08. The Morgan fingerprint density at radius 2 is 1.95 bits per heavy atom. The number of likely N-dealkylation sites (tertiary alicyclic amines) is 1. The molecule has 1 aliphatic carbocycles. The molecule has 1 saturated heterocycles.